The van der Waals surface area contributed by atoms with Crippen molar-refractivity contribution >= 4 is 5.97 Å². The van der Waals surface area contributed by atoms with E-state index in [9.17, 15) is 40.5 Å². The van der Waals surface area contributed by atoms with Crippen molar-refractivity contribution in [2.75, 3.05) is 33.0 Å². The number of hydrogen-bond acceptors (Lipinski definition) is 14. The first-order valence-corrected chi connectivity index (χ1v) is 28.0. The number of unbranched alkanes of at least 4 members (excludes halogenated alkanes) is 18. The third kappa shape index (κ3) is 31.3. The van der Waals surface area contributed by atoms with Crippen LogP contribution in [-0.4, -0.2) is 142 Å². The number of allylic oxidation sites excluding steroid dienone is 12. The molecule has 0 aromatic carbocycles. The van der Waals surface area contributed by atoms with Crippen LogP contribution in [0.1, 0.15) is 187 Å². The van der Waals surface area contributed by atoms with Gasteiger partial charge in [0.25, 0.3) is 0 Å². The van der Waals surface area contributed by atoms with Crippen LogP contribution in [0.4, 0.5) is 0 Å². The Balaban J connectivity index is 1.75. The SMILES string of the molecule is CC/C=C\C/C=C\C/C=C\C/C=C\C/C=C\C/C=C\CCCCCCC(=O)OC(COCCCCCCCCCCCCCCCCC)COC1OC(COC2OC(CO)C(O)C(O)C2O)C(O)C(O)C1O. The summed E-state index contributed by atoms with van der Waals surface area (Å²) in [5.74, 6) is -0.400. The van der Waals surface area contributed by atoms with Crippen LogP contribution in [-0.2, 0) is 33.2 Å². The number of aliphatic hydroxyl groups excluding tert-OH is 7. The van der Waals surface area contributed by atoms with Gasteiger partial charge in [-0.3, -0.25) is 4.79 Å². The summed E-state index contributed by atoms with van der Waals surface area (Å²) in [6.45, 7) is 3.55. The van der Waals surface area contributed by atoms with Crippen molar-refractivity contribution in [3.8, 4) is 0 Å². The van der Waals surface area contributed by atoms with E-state index >= 15 is 0 Å². The average molecular weight is 1020 g/mol. The molecule has 0 radical (unpaired) electrons. The predicted molar refractivity (Wildman–Crippen MR) is 284 cm³/mol. The van der Waals surface area contributed by atoms with Crippen molar-refractivity contribution in [3.05, 3.63) is 72.9 Å². The third-order valence-corrected chi connectivity index (χ3v) is 13.0. The molecule has 14 heteroatoms. The van der Waals surface area contributed by atoms with Crippen LogP contribution < -0.4 is 0 Å². The van der Waals surface area contributed by atoms with Gasteiger partial charge in [-0.15, -0.1) is 0 Å². The van der Waals surface area contributed by atoms with Gasteiger partial charge in [0.05, 0.1) is 26.4 Å². The molecule has 0 aromatic heterocycles. The highest BCUT2D eigenvalue weighted by molar-refractivity contribution is 5.69. The van der Waals surface area contributed by atoms with Crippen LogP contribution in [0.15, 0.2) is 72.9 Å². The van der Waals surface area contributed by atoms with Gasteiger partial charge in [-0.1, -0.05) is 189 Å². The number of esters is 1. The molecule has 2 fully saturated rings. The van der Waals surface area contributed by atoms with Gasteiger partial charge in [-0.25, -0.2) is 0 Å². The second-order valence-corrected chi connectivity index (χ2v) is 19.4. The smallest absolute Gasteiger partial charge is 0.306 e. The summed E-state index contributed by atoms with van der Waals surface area (Å²) in [5.41, 5.74) is 0. The zero-order chi connectivity index (χ0) is 52.3. The van der Waals surface area contributed by atoms with E-state index in [1.54, 1.807) is 0 Å². The molecule has 2 aliphatic rings. The number of carbonyl (C=O) groups is 1. The molecule has 0 aromatic rings. The molecule has 0 amide bonds. The third-order valence-electron chi connectivity index (χ3n) is 13.0. The Morgan fingerprint density at radius 3 is 1.42 bits per heavy atom. The lowest BCUT2D eigenvalue weighted by molar-refractivity contribution is -0.332. The van der Waals surface area contributed by atoms with Crippen LogP contribution >= 0.6 is 0 Å². The van der Waals surface area contributed by atoms with E-state index in [4.69, 9.17) is 28.4 Å². The van der Waals surface area contributed by atoms with Crippen molar-refractivity contribution in [1.82, 2.24) is 0 Å². The van der Waals surface area contributed by atoms with E-state index in [1.807, 2.05) is 0 Å². The van der Waals surface area contributed by atoms with Crippen molar-refractivity contribution < 1.29 is 69.0 Å². The topological polar surface area (TPSA) is 214 Å². The molecule has 0 bridgehead atoms. The van der Waals surface area contributed by atoms with Gasteiger partial charge in [0.15, 0.2) is 12.6 Å². The summed E-state index contributed by atoms with van der Waals surface area (Å²) in [4.78, 5) is 13.1. The van der Waals surface area contributed by atoms with E-state index in [2.05, 4.69) is 86.8 Å². The molecule has 7 N–H and O–H groups in total. The second kappa shape index (κ2) is 44.7. The standard InChI is InChI=1S/C58H100O14/c1-3-5-7-9-11-13-15-17-19-20-21-22-23-24-25-26-27-29-31-33-35-37-39-41-50(60)70-47(44-67-42-40-38-36-34-32-30-28-18-16-14-12-10-8-6-4-2)45-68-57-56(66)54(64)52(62)49(72-57)46-69-58-55(65)53(63)51(61)48(43-59)71-58/h5,7,11,13,17,19,21-22,24-25,27,29,47-49,51-59,61-66H,3-4,6,8-10,12,14-16,18,20,23,26,28,30-46H2,1-2H3/b7-5-,13-11-,19-17-,22-21-,25-24-,29-27-. The summed E-state index contributed by atoms with van der Waals surface area (Å²) in [7, 11) is 0. The van der Waals surface area contributed by atoms with Gasteiger partial charge in [0, 0.05) is 13.0 Å². The fourth-order valence-electron chi connectivity index (χ4n) is 8.46. The predicted octanol–water partition coefficient (Wildman–Crippen LogP) is 9.47. The summed E-state index contributed by atoms with van der Waals surface area (Å²) < 4.78 is 34.3. The van der Waals surface area contributed by atoms with Crippen LogP contribution in [0.2, 0.25) is 0 Å². The van der Waals surface area contributed by atoms with Gasteiger partial charge in [-0.2, -0.15) is 0 Å². The Hall–Kier alpha value is -2.57. The molecular weight excluding hydrogens is 921 g/mol. The summed E-state index contributed by atoms with van der Waals surface area (Å²) in [6, 6.07) is 0. The quantitative estimate of drug-likeness (QED) is 0.0172. The lowest BCUT2D eigenvalue weighted by atomic mass is 9.98. The van der Waals surface area contributed by atoms with Gasteiger partial charge in [-0.05, 0) is 64.2 Å². The molecule has 0 saturated carbocycles. The first kappa shape index (κ1) is 65.5. The lowest BCUT2D eigenvalue weighted by Gasteiger charge is -2.42. The summed E-state index contributed by atoms with van der Waals surface area (Å²) in [5, 5.41) is 72.3. The highest BCUT2D eigenvalue weighted by Gasteiger charge is 2.47. The molecule has 72 heavy (non-hydrogen) atoms. The minimum Gasteiger partial charge on any atom is -0.457 e. The van der Waals surface area contributed by atoms with E-state index in [0.29, 0.717) is 13.0 Å². The Morgan fingerprint density at radius 2 is 0.903 bits per heavy atom. The first-order valence-electron chi connectivity index (χ1n) is 28.0. The van der Waals surface area contributed by atoms with Crippen molar-refractivity contribution in [2.24, 2.45) is 0 Å². The van der Waals surface area contributed by atoms with Crippen LogP contribution in [0.5, 0.6) is 0 Å². The Kier molecular flexibility index (Phi) is 40.7. The maximum absolute atomic E-state index is 13.1. The lowest BCUT2D eigenvalue weighted by Crippen LogP contribution is -2.61. The second-order valence-electron chi connectivity index (χ2n) is 19.4. The Bertz CT molecular complexity index is 1460. The maximum atomic E-state index is 13.1. The molecule has 0 aliphatic carbocycles. The Morgan fingerprint density at radius 1 is 0.472 bits per heavy atom. The van der Waals surface area contributed by atoms with E-state index in [-0.39, 0.29) is 19.6 Å². The molecule has 11 atom stereocenters. The average Bonchev–Trinajstić information content (AvgIpc) is 3.38. The highest BCUT2D eigenvalue weighted by Crippen LogP contribution is 2.26. The highest BCUT2D eigenvalue weighted by atomic mass is 16.7. The number of rotatable bonds is 44. The zero-order valence-corrected chi connectivity index (χ0v) is 44.4. The molecule has 416 valence electrons. The fourth-order valence-corrected chi connectivity index (χ4v) is 8.46. The molecule has 0 spiro atoms. The minimum absolute atomic E-state index is 0.0495. The minimum atomic E-state index is -1.71. The number of ether oxygens (including phenoxy) is 6. The Labute approximate surface area is 434 Å². The van der Waals surface area contributed by atoms with Crippen LogP contribution in [0, 0.1) is 0 Å². The van der Waals surface area contributed by atoms with Crippen molar-refractivity contribution in [1.29, 1.82) is 0 Å². The molecule has 2 heterocycles. The van der Waals surface area contributed by atoms with E-state index in [1.165, 1.54) is 77.0 Å². The fraction of sp³-hybridized carbons (Fsp3) is 0.776. The summed E-state index contributed by atoms with van der Waals surface area (Å²) in [6.07, 6.45) is 39.6. The number of aliphatic hydroxyl groups is 7. The van der Waals surface area contributed by atoms with E-state index in [0.717, 1.165) is 83.5 Å². The van der Waals surface area contributed by atoms with Crippen LogP contribution in [0.3, 0.4) is 0 Å². The number of hydrogen-bond donors (Lipinski definition) is 7. The number of carbonyl (C=O) groups excluding carboxylic acids is 1. The summed E-state index contributed by atoms with van der Waals surface area (Å²) >= 11 is 0. The van der Waals surface area contributed by atoms with Gasteiger partial charge < -0.3 is 64.2 Å². The molecular formula is C58H100O14. The largest absolute Gasteiger partial charge is 0.457 e. The monoisotopic (exact) mass is 1020 g/mol. The first-order chi connectivity index (χ1) is 35.1. The molecule has 2 rings (SSSR count). The normalized spacial score (nSPS) is 25.7. The van der Waals surface area contributed by atoms with E-state index < -0.39 is 86.7 Å². The molecule has 11 unspecified atom stereocenters. The molecule has 2 aliphatic heterocycles. The van der Waals surface area contributed by atoms with Crippen molar-refractivity contribution in [3.63, 3.8) is 0 Å². The van der Waals surface area contributed by atoms with Gasteiger partial charge >= 0.3 is 5.97 Å². The molecule has 2 saturated heterocycles. The van der Waals surface area contributed by atoms with Crippen LogP contribution in [0.25, 0.3) is 0 Å². The molecule has 14 nitrogen and oxygen atoms in total. The maximum Gasteiger partial charge on any atom is 0.306 e. The van der Waals surface area contributed by atoms with Crippen molar-refractivity contribution in [2.45, 2.75) is 255 Å². The van der Waals surface area contributed by atoms with Gasteiger partial charge in [0.2, 0.25) is 0 Å². The zero-order valence-electron chi connectivity index (χ0n) is 44.4. The van der Waals surface area contributed by atoms with Gasteiger partial charge in [0.1, 0.15) is 54.9 Å².